The summed E-state index contributed by atoms with van der Waals surface area (Å²) >= 11 is 0. The fourth-order valence-corrected chi connectivity index (χ4v) is 4.41. The Kier molecular flexibility index (Phi) is 8.25. The summed E-state index contributed by atoms with van der Waals surface area (Å²) < 4.78 is 6.09. The van der Waals surface area contributed by atoms with Gasteiger partial charge in [-0.15, -0.1) is 0 Å². The van der Waals surface area contributed by atoms with Gasteiger partial charge in [0.05, 0.1) is 0 Å². The van der Waals surface area contributed by atoms with Crippen LogP contribution in [0.1, 0.15) is 28.8 Å². The summed E-state index contributed by atoms with van der Waals surface area (Å²) in [6, 6.07) is 31.1. The van der Waals surface area contributed by atoms with Gasteiger partial charge in [-0.3, -0.25) is 9.69 Å². The molecule has 172 valence electrons. The molecule has 0 radical (unpaired) electrons. The maximum atomic E-state index is 12.6. The van der Waals surface area contributed by atoms with E-state index in [1.807, 2.05) is 60.7 Å². The maximum Gasteiger partial charge on any atom is 0.246 e. The molecule has 1 aliphatic rings. The molecule has 1 N–H and O–H groups in total. The van der Waals surface area contributed by atoms with Crippen molar-refractivity contribution in [1.29, 1.82) is 0 Å². The highest BCUT2D eigenvalue weighted by Crippen LogP contribution is 2.26. The van der Waals surface area contributed by atoms with E-state index in [1.165, 1.54) is 5.56 Å². The van der Waals surface area contributed by atoms with Gasteiger partial charge in [-0.05, 0) is 23.7 Å². The van der Waals surface area contributed by atoms with Crippen LogP contribution in [0.5, 0.6) is 0 Å². The van der Waals surface area contributed by atoms with Crippen molar-refractivity contribution in [3.8, 4) is 0 Å². The largest absolute Gasteiger partial charge is 0.359 e. The van der Waals surface area contributed by atoms with Crippen LogP contribution in [-0.2, 0) is 9.53 Å². The average Bonchev–Trinajstić information content (AvgIpc) is 2.87. The lowest BCUT2D eigenvalue weighted by molar-refractivity contribution is -0.127. The third kappa shape index (κ3) is 6.51. The Morgan fingerprint density at radius 2 is 1.48 bits per heavy atom. The van der Waals surface area contributed by atoms with Gasteiger partial charge in [-0.1, -0.05) is 91.0 Å². The van der Waals surface area contributed by atoms with Crippen molar-refractivity contribution in [2.24, 2.45) is 0 Å². The minimum absolute atomic E-state index is 0.0271. The Morgan fingerprint density at radius 3 is 2.09 bits per heavy atom. The van der Waals surface area contributed by atoms with Crippen molar-refractivity contribution in [3.05, 3.63) is 108 Å². The molecule has 0 spiro atoms. The third-order valence-corrected chi connectivity index (χ3v) is 6.19. The molecule has 1 atom stereocenters. The van der Waals surface area contributed by atoms with E-state index in [0.29, 0.717) is 12.6 Å². The first-order valence-corrected chi connectivity index (χ1v) is 11.7. The molecular formula is C28H33N3O2. The number of hydrogen-bond acceptors (Lipinski definition) is 4. The smallest absolute Gasteiger partial charge is 0.246 e. The molecule has 1 fully saturated rings. The first-order valence-electron chi connectivity index (χ1n) is 11.7. The van der Waals surface area contributed by atoms with E-state index < -0.39 is 0 Å². The van der Waals surface area contributed by atoms with Crippen LogP contribution >= 0.6 is 0 Å². The summed E-state index contributed by atoms with van der Waals surface area (Å²) in [5, 5.41) is 3.05. The fourth-order valence-electron chi connectivity index (χ4n) is 4.41. The van der Waals surface area contributed by atoms with E-state index in [4.69, 9.17) is 4.74 Å². The van der Waals surface area contributed by atoms with Crippen LogP contribution in [0.3, 0.4) is 0 Å². The second-order valence-corrected chi connectivity index (χ2v) is 8.59. The second kappa shape index (κ2) is 11.8. The number of ether oxygens (including phenoxy) is 1. The zero-order chi connectivity index (χ0) is 22.9. The van der Waals surface area contributed by atoms with E-state index in [2.05, 4.69) is 52.5 Å². The SMILES string of the molecule is CN1CCN(CCNC(=O)COC(c2ccccc2)c2ccccc2)[C@H](c2ccccc2)C1. The predicted octanol–water partition coefficient (Wildman–Crippen LogP) is 3.90. The summed E-state index contributed by atoms with van der Waals surface area (Å²) in [5.41, 5.74) is 3.41. The Morgan fingerprint density at radius 1 is 0.909 bits per heavy atom. The van der Waals surface area contributed by atoms with Gasteiger partial charge in [0, 0.05) is 38.8 Å². The van der Waals surface area contributed by atoms with Gasteiger partial charge < -0.3 is 15.0 Å². The third-order valence-electron chi connectivity index (χ3n) is 6.19. The summed E-state index contributed by atoms with van der Waals surface area (Å²) in [6.07, 6.45) is -0.266. The van der Waals surface area contributed by atoms with Crippen LogP contribution in [0.15, 0.2) is 91.0 Å². The van der Waals surface area contributed by atoms with E-state index >= 15 is 0 Å². The van der Waals surface area contributed by atoms with E-state index in [0.717, 1.165) is 37.3 Å². The topological polar surface area (TPSA) is 44.8 Å². The van der Waals surface area contributed by atoms with Gasteiger partial charge in [-0.25, -0.2) is 0 Å². The molecule has 33 heavy (non-hydrogen) atoms. The maximum absolute atomic E-state index is 12.6. The Labute approximate surface area is 197 Å². The van der Waals surface area contributed by atoms with Crippen molar-refractivity contribution in [2.45, 2.75) is 12.1 Å². The van der Waals surface area contributed by atoms with Crippen LogP contribution in [0.2, 0.25) is 0 Å². The number of carbonyl (C=O) groups excluding carboxylic acids is 1. The zero-order valence-electron chi connectivity index (χ0n) is 19.3. The Bertz CT molecular complexity index is 942. The molecule has 0 bridgehead atoms. The normalized spacial score (nSPS) is 17.2. The number of benzene rings is 3. The molecule has 1 amide bonds. The van der Waals surface area contributed by atoms with Gasteiger partial charge >= 0.3 is 0 Å². The highest BCUT2D eigenvalue weighted by atomic mass is 16.5. The monoisotopic (exact) mass is 443 g/mol. The van der Waals surface area contributed by atoms with E-state index in [-0.39, 0.29) is 18.6 Å². The molecule has 0 aromatic heterocycles. The summed E-state index contributed by atoms with van der Waals surface area (Å²) in [4.78, 5) is 17.4. The molecule has 3 aromatic carbocycles. The minimum Gasteiger partial charge on any atom is -0.359 e. The van der Waals surface area contributed by atoms with Gasteiger partial charge in [-0.2, -0.15) is 0 Å². The molecule has 5 nitrogen and oxygen atoms in total. The van der Waals surface area contributed by atoms with Crippen LogP contribution in [0, 0.1) is 0 Å². The Balaban J connectivity index is 1.30. The van der Waals surface area contributed by atoms with Gasteiger partial charge in [0.1, 0.15) is 12.7 Å². The number of piperazine rings is 1. The lowest BCUT2D eigenvalue weighted by Crippen LogP contribution is -2.49. The van der Waals surface area contributed by atoms with Gasteiger partial charge in [0.15, 0.2) is 0 Å². The highest BCUT2D eigenvalue weighted by Gasteiger charge is 2.26. The molecule has 0 unspecified atom stereocenters. The minimum atomic E-state index is -0.266. The Hall–Kier alpha value is -2.99. The number of carbonyl (C=O) groups is 1. The summed E-state index contributed by atoms with van der Waals surface area (Å²) in [6.45, 7) is 4.48. The van der Waals surface area contributed by atoms with E-state index in [1.54, 1.807) is 0 Å². The van der Waals surface area contributed by atoms with Crippen LogP contribution < -0.4 is 5.32 Å². The number of nitrogens with zero attached hydrogens (tertiary/aromatic N) is 2. The first kappa shape index (κ1) is 23.2. The van der Waals surface area contributed by atoms with Crippen LogP contribution in [0.4, 0.5) is 0 Å². The number of likely N-dealkylation sites (N-methyl/N-ethyl adjacent to an activating group) is 1. The van der Waals surface area contributed by atoms with Crippen molar-refractivity contribution in [1.82, 2.24) is 15.1 Å². The second-order valence-electron chi connectivity index (χ2n) is 8.59. The fraction of sp³-hybridized carbons (Fsp3) is 0.321. The lowest BCUT2D eigenvalue weighted by Gasteiger charge is -2.40. The van der Waals surface area contributed by atoms with Gasteiger partial charge in [0.2, 0.25) is 5.91 Å². The summed E-state index contributed by atoms with van der Waals surface area (Å²) in [7, 11) is 2.17. The first-order chi connectivity index (χ1) is 16.2. The lowest BCUT2D eigenvalue weighted by atomic mass is 10.0. The number of rotatable bonds is 9. The summed E-state index contributed by atoms with van der Waals surface area (Å²) in [5.74, 6) is -0.0859. The van der Waals surface area contributed by atoms with Crippen molar-refractivity contribution in [2.75, 3.05) is 46.4 Å². The molecule has 0 aliphatic carbocycles. The molecular weight excluding hydrogens is 410 g/mol. The molecule has 3 aromatic rings. The molecule has 1 aliphatic heterocycles. The number of amides is 1. The van der Waals surface area contributed by atoms with Crippen molar-refractivity contribution < 1.29 is 9.53 Å². The highest BCUT2D eigenvalue weighted by molar-refractivity contribution is 5.77. The average molecular weight is 444 g/mol. The quantitative estimate of drug-likeness (QED) is 0.545. The van der Waals surface area contributed by atoms with Crippen LogP contribution in [-0.4, -0.2) is 62.1 Å². The molecule has 4 rings (SSSR count). The van der Waals surface area contributed by atoms with E-state index in [9.17, 15) is 4.79 Å². The number of nitrogens with one attached hydrogen (secondary N) is 1. The van der Waals surface area contributed by atoms with Crippen molar-refractivity contribution in [3.63, 3.8) is 0 Å². The van der Waals surface area contributed by atoms with Crippen LogP contribution in [0.25, 0.3) is 0 Å². The molecule has 0 saturated carbocycles. The molecule has 1 saturated heterocycles. The standard InChI is InChI=1S/C28H33N3O2/c1-30-19-20-31(26(21-30)23-11-5-2-6-12-23)18-17-29-27(32)22-33-28(24-13-7-3-8-14-24)25-15-9-4-10-16-25/h2-16,26,28H,17-22H2,1H3,(H,29,32)/t26-/m0/s1. The van der Waals surface area contributed by atoms with Gasteiger partial charge in [0.25, 0.3) is 0 Å². The predicted molar refractivity (Wildman–Crippen MR) is 132 cm³/mol. The number of hydrogen-bond donors (Lipinski definition) is 1. The molecule has 1 heterocycles. The molecule has 5 heteroatoms. The zero-order valence-corrected chi connectivity index (χ0v) is 19.3. The van der Waals surface area contributed by atoms with Crippen molar-refractivity contribution >= 4 is 5.91 Å².